The predicted octanol–water partition coefficient (Wildman–Crippen LogP) is 2.29. The number of rotatable bonds is 4. The van der Waals surface area contributed by atoms with Crippen LogP contribution < -0.4 is 9.86 Å². The van der Waals surface area contributed by atoms with Crippen molar-refractivity contribution < 1.29 is 16.8 Å². The van der Waals surface area contributed by atoms with Gasteiger partial charge in [0.1, 0.15) is 0 Å². The topological polar surface area (TPSA) is 106 Å². The monoisotopic (exact) mass is 362 g/mol. The van der Waals surface area contributed by atoms with Gasteiger partial charge in [0.15, 0.2) is 0 Å². The van der Waals surface area contributed by atoms with Crippen molar-refractivity contribution in [2.75, 3.05) is 4.72 Å². The molecule has 3 rings (SSSR count). The van der Waals surface area contributed by atoms with Gasteiger partial charge < -0.3 is 0 Å². The van der Waals surface area contributed by atoms with Crippen molar-refractivity contribution in [2.24, 2.45) is 5.14 Å². The van der Waals surface area contributed by atoms with Gasteiger partial charge in [-0.3, -0.25) is 4.72 Å². The maximum absolute atomic E-state index is 12.7. The summed E-state index contributed by atoms with van der Waals surface area (Å²) >= 11 is 0. The number of benzene rings is 3. The van der Waals surface area contributed by atoms with E-state index < -0.39 is 20.0 Å². The fourth-order valence-corrected chi connectivity index (χ4v) is 4.22. The summed E-state index contributed by atoms with van der Waals surface area (Å²) in [6.07, 6.45) is 0. The van der Waals surface area contributed by atoms with Gasteiger partial charge in [-0.25, -0.2) is 22.0 Å². The molecular formula is C16H14N2O4S2. The van der Waals surface area contributed by atoms with Crippen molar-refractivity contribution in [3.05, 3.63) is 66.7 Å². The standard InChI is InChI=1S/C16H14N2O4S2/c17-23(19,20)14-8-4-7-13(11-14)18-24(21,22)16-10-3-6-12-5-1-2-9-15(12)16/h1-11,18H,(H2,17,19,20). The molecule has 24 heavy (non-hydrogen) atoms. The molecule has 0 aliphatic carbocycles. The van der Waals surface area contributed by atoms with E-state index in [-0.39, 0.29) is 15.5 Å². The second-order valence-electron chi connectivity index (χ2n) is 5.16. The van der Waals surface area contributed by atoms with Crippen molar-refractivity contribution in [3.8, 4) is 0 Å². The Bertz CT molecular complexity index is 1120. The summed E-state index contributed by atoms with van der Waals surface area (Å²) in [5.41, 5.74) is 0.120. The van der Waals surface area contributed by atoms with Crippen LogP contribution in [-0.2, 0) is 20.0 Å². The van der Waals surface area contributed by atoms with Gasteiger partial charge in [0, 0.05) is 5.39 Å². The molecule has 0 radical (unpaired) electrons. The first-order chi connectivity index (χ1) is 11.3. The van der Waals surface area contributed by atoms with E-state index in [0.29, 0.717) is 5.39 Å². The summed E-state index contributed by atoms with van der Waals surface area (Å²) in [4.78, 5) is -0.0535. The lowest BCUT2D eigenvalue weighted by molar-refractivity contribution is 0.596. The molecule has 0 aliphatic rings. The quantitative estimate of drug-likeness (QED) is 0.742. The third-order valence-corrected chi connectivity index (χ3v) is 5.80. The normalized spacial score (nSPS) is 12.2. The molecule has 8 heteroatoms. The number of primary sulfonamides is 1. The molecule has 0 fully saturated rings. The predicted molar refractivity (Wildman–Crippen MR) is 92.6 cm³/mol. The number of anilines is 1. The van der Waals surface area contributed by atoms with E-state index in [0.717, 1.165) is 5.39 Å². The van der Waals surface area contributed by atoms with E-state index in [2.05, 4.69) is 4.72 Å². The van der Waals surface area contributed by atoms with Crippen LogP contribution in [0.2, 0.25) is 0 Å². The van der Waals surface area contributed by atoms with Crippen molar-refractivity contribution in [1.29, 1.82) is 0 Å². The Labute approximate surface area is 140 Å². The van der Waals surface area contributed by atoms with Crippen molar-refractivity contribution in [2.45, 2.75) is 9.79 Å². The summed E-state index contributed by atoms with van der Waals surface area (Å²) in [6, 6.07) is 17.4. The number of hydrogen-bond acceptors (Lipinski definition) is 4. The number of fused-ring (bicyclic) bond motifs is 1. The number of nitrogens with two attached hydrogens (primary N) is 1. The second-order valence-corrected chi connectivity index (χ2v) is 8.37. The number of nitrogens with one attached hydrogen (secondary N) is 1. The van der Waals surface area contributed by atoms with Gasteiger partial charge >= 0.3 is 0 Å². The van der Waals surface area contributed by atoms with Crippen LogP contribution in [0.4, 0.5) is 5.69 Å². The minimum absolute atomic E-state index is 0.113. The summed E-state index contributed by atoms with van der Waals surface area (Å²) < 4.78 is 50.6. The summed E-state index contributed by atoms with van der Waals surface area (Å²) in [6.45, 7) is 0. The Hall–Kier alpha value is -2.42. The molecule has 0 spiro atoms. The third kappa shape index (κ3) is 3.25. The average Bonchev–Trinajstić information content (AvgIpc) is 2.53. The fourth-order valence-electron chi connectivity index (χ4n) is 2.38. The zero-order chi connectivity index (χ0) is 17.4. The van der Waals surface area contributed by atoms with Gasteiger partial charge in [0.05, 0.1) is 15.5 Å². The summed E-state index contributed by atoms with van der Waals surface area (Å²) in [7, 11) is -7.80. The molecule has 0 saturated carbocycles. The molecule has 0 aromatic heterocycles. The minimum atomic E-state index is -3.92. The van der Waals surface area contributed by atoms with E-state index in [1.807, 2.05) is 18.2 Å². The molecule has 0 aliphatic heterocycles. The molecule has 0 bridgehead atoms. The van der Waals surface area contributed by atoms with Crippen LogP contribution in [0.15, 0.2) is 76.5 Å². The van der Waals surface area contributed by atoms with Crippen LogP contribution in [0, 0.1) is 0 Å². The van der Waals surface area contributed by atoms with E-state index in [1.54, 1.807) is 18.2 Å². The SMILES string of the molecule is NS(=O)(=O)c1cccc(NS(=O)(=O)c2cccc3ccccc23)c1. The van der Waals surface area contributed by atoms with Crippen LogP contribution in [0.25, 0.3) is 10.8 Å². The first-order valence-corrected chi connectivity index (χ1v) is 9.94. The smallest absolute Gasteiger partial charge is 0.262 e. The third-order valence-electron chi connectivity index (χ3n) is 3.45. The highest BCUT2D eigenvalue weighted by atomic mass is 32.2. The lowest BCUT2D eigenvalue weighted by atomic mass is 10.1. The average molecular weight is 362 g/mol. The molecule has 3 aromatic rings. The van der Waals surface area contributed by atoms with E-state index in [9.17, 15) is 16.8 Å². The van der Waals surface area contributed by atoms with Crippen molar-refractivity contribution in [3.63, 3.8) is 0 Å². The lowest BCUT2D eigenvalue weighted by Crippen LogP contribution is -2.15. The van der Waals surface area contributed by atoms with Gasteiger partial charge in [0.25, 0.3) is 10.0 Å². The summed E-state index contributed by atoms with van der Waals surface area (Å²) in [5.74, 6) is 0. The maximum atomic E-state index is 12.7. The van der Waals surface area contributed by atoms with Gasteiger partial charge in [0.2, 0.25) is 10.0 Å². The molecule has 3 aromatic carbocycles. The molecule has 3 N–H and O–H groups in total. The minimum Gasteiger partial charge on any atom is -0.280 e. The Balaban J connectivity index is 2.06. The molecule has 0 atom stereocenters. The molecule has 6 nitrogen and oxygen atoms in total. The molecular weight excluding hydrogens is 348 g/mol. The zero-order valence-electron chi connectivity index (χ0n) is 12.4. The first-order valence-electron chi connectivity index (χ1n) is 6.91. The number of sulfonamides is 2. The second kappa shape index (κ2) is 5.90. The highest BCUT2D eigenvalue weighted by Gasteiger charge is 2.18. The van der Waals surface area contributed by atoms with E-state index >= 15 is 0 Å². The molecule has 0 saturated heterocycles. The summed E-state index contributed by atoms with van der Waals surface area (Å²) in [5, 5.41) is 6.44. The van der Waals surface area contributed by atoms with Crippen LogP contribution >= 0.6 is 0 Å². The lowest BCUT2D eigenvalue weighted by Gasteiger charge is -2.11. The Kier molecular flexibility index (Phi) is 4.04. The van der Waals surface area contributed by atoms with Gasteiger partial charge in [-0.15, -0.1) is 0 Å². The van der Waals surface area contributed by atoms with E-state index in [1.165, 1.54) is 30.3 Å². The van der Waals surface area contributed by atoms with Gasteiger partial charge in [-0.2, -0.15) is 0 Å². The van der Waals surface area contributed by atoms with Crippen LogP contribution in [0.1, 0.15) is 0 Å². The molecule has 0 heterocycles. The van der Waals surface area contributed by atoms with Crippen molar-refractivity contribution >= 4 is 36.5 Å². The van der Waals surface area contributed by atoms with Crippen LogP contribution in [0.5, 0.6) is 0 Å². The highest BCUT2D eigenvalue weighted by Crippen LogP contribution is 2.25. The maximum Gasteiger partial charge on any atom is 0.262 e. The fraction of sp³-hybridized carbons (Fsp3) is 0. The van der Waals surface area contributed by atoms with Crippen LogP contribution in [-0.4, -0.2) is 16.8 Å². The Morgan fingerprint density at radius 2 is 1.46 bits per heavy atom. The molecule has 124 valence electrons. The Morgan fingerprint density at radius 1 is 0.792 bits per heavy atom. The first kappa shape index (κ1) is 16.4. The van der Waals surface area contributed by atoms with Crippen molar-refractivity contribution in [1.82, 2.24) is 0 Å². The number of hydrogen-bond donors (Lipinski definition) is 2. The molecule has 0 unspecified atom stereocenters. The highest BCUT2D eigenvalue weighted by molar-refractivity contribution is 7.93. The van der Waals surface area contributed by atoms with E-state index in [4.69, 9.17) is 5.14 Å². The largest absolute Gasteiger partial charge is 0.280 e. The van der Waals surface area contributed by atoms with Crippen LogP contribution in [0.3, 0.4) is 0 Å². The molecule has 0 amide bonds. The van der Waals surface area contributed by atoms with Gasteiger partial charge in [-0.05, 0) is 29.7 Å². The van der Waals surface area contributed by atoms with Gasteiger partial charge in [-0.1, -0.05) is 42.5 Å². The Morgan fingerprint density at radius 3 is 2.21 bits per heavy atom. The zero-order valence-corrected chi connectivity index (χ0v) is 14.0.